The Balaban J connectivity index is 1.84. The van der Waals surface area contributed by atoms with Crippen molar-refractivity contribution in [1.82, 2.24) is 15.5 Å². The lowest BCUT2D eigenvalue weighted by molar-refractivity contribution is 0.102. The number of anilines is 1. The van der Waals surface area contributed by atoms with Crippen molar-refractivity contribution in [3.63, 3.8) is 0 Å². The Labute approximate surface area is 116 Å². The molecule has 0 atom stereocenters. The lowest BCUT2D eigenvalue weighted by Crippen LogP contribution is -2.24. The predicted molar refractivity (Wildman–Crippen MR) is 75.6 cm³/mol. The zero-order valence-corrected chi connectivity index (χ0v) is 11.1. The fourth-order valence-electron chi connectivity index (χ4n) is 2.17. The molecule has 0 spiro atoms. The SMILES string of the molecule is O=C(Nc1n[nH]c2c1CNCC2)c1ccccc1S. The first-order valence-corrected chi connectivity index (χ1v) is 6.56. The minimum Gasteiger partial charge on any atom is -0.312 e. The average Bonchev–Trinajstić information content (AvgIpc) is 2.83. The van der Waals surface area contributed by atoms with Crippen molar-refractivity contribution in [2.24, 2.45) is 0 Å². The third kappa shape index (κ3) is 2.36. The maximum absolute atomic E-state index is 12.2. The van der Waals surface area contributed by atoms with Gasteiger partial charge in [0.15, 0.2) is 5.82 Å². The molecule has 6 heteroatoms. The lowest BCUT2D eigenvalue weighted by Gasteiger charge is -2.13. The summed E-state index contributed by atoms with van der Waals surface area (Å²) in [5.74, 6) is 0.411. The molecular formula is C13H14N4OS. The second-order valence-electron chi connectivity index (χ2n) is 4.43. The number of carbonyl (C=O) groups is 1. The molecule has 0 bridgehead atoms. The van der Waals surface area contributed by atoms with Gasteiger partial charge in [-0.1, -0.05) is 12.1 Å². The predicted octanol–water partition coefficient (Wildman–Crippen LogP) is 1.60. The van der Waals surface area contributed by atoms with Gasteiger partial charge < -0.3 is 10.6 Å². The van der Waals surface area contributed by atoms with Crippen LogP contribution in [0.15, 0.2) is 29.2 Å². The number of aromatic nitrogens is 2. The summed E-state index contributed by atoms with van der Waals surface area (Å²) in [5.41, 5.74) is 2.68. The van der Waals surface area contributed by atoms with Gasteiger partial charge in [-0.15, -0.1) is 12.6 Å². The molecule has 1 aliphatic rings. The van der Waals surface area contributed by atoms with Crippen molar-refractivity contribution in [1.29, 1.82) is 0 Å². The van der Waals surface area contributed by atoms with Gasteiger partial charge in [-0.3, -0.25) is 9.89 Å². The maximum atomic E-state index is 12.2. The standard InChI is InChI=1S/C13H14N4OS/c18-13(8-3-1-2-4-11(8)19)15-12-9-7-14-6-5-10(9)16-17-12/h1-4,14,19H,5-7H2,(H2,15,16,17,18). The number of hydrogen-bond acceptors (Lipinski definition) is 4. The zero-order chi connectivity index (χ0) is 13.2. The Morgan fingerprint density at radius 3 is 3.05 bits per heavy atom. The van der Waals surface area contributed by atoms with Crippen molar-refractivity contribution < 1.29 is 4.79 Å². The van der Waals surface area contributed by atoms with Crippen LogP contribution in [-0.2, 0) is 13.0 Å². The van der Waals surface area contributed by atoms with Gasteiger partial charge in [0.25, 0.3) is 5.91 Å². The van der Waals surface area contributed by atoms with E-state index in [0.29, 0.717) is 16.3 Å². The molecule has 2 heterocycles. The van der Waals surface area contributed by atoms with Gasteiger partial charge >= 0.3 is 0 Å². The summed E-state index contributed by atoms with van der Waals surface area (Å²) < 4.78 is 0. The summed E-state index contributed by atoms with van der Waals surface area (Å²) >= 11 is 4.29. The van der Waals surface area contributed by atoms with Crippen molar-refractivity contribution in [2.75, 3.05) is 11.9 Å². The van der Waals surface area contributed by atoms with Crippen LogP contribution in [0.25, 0.3) is 0 Å². The number of H-pyrrole nitrogens is 1. The summed E-state index contributed by atoms with van der Waals surface area (Å²) in [5, 5.41) is 13.2. The van der Waals surface area contributed by atoms with Gasteiger partial charge in [0, 0.05) is 35.7 Å². The summed E-state index contributed by atoms with van der Waals surface area (Å²) in [4.78, 5) is 12.8. The number of carbonyl (C=O) groups excluding carboxylic acids is 1. The molecule has 0 radical (unpaired) electrons. The lowest BCUT2D eigenvalue weighted by atomic mass is 10.1. The highest BCUT2D eigenvalue weighted by atomic mass is 32.1. The molecule has 1 amide bonds. The van der Waals surface area contributed by atoms with Gasteiger partial charge in [0.1, 0.15) is 0 Å². The fourth-order valence-corrected chi connectivity index (χ4v) is 2.43. The van der Waals surface area contributed by atoms with E-state index in [4.69, 9.17) is 0 Å². The van der Waals surface area contributed by atoms with E-state index in [1.165, 1.54) is 0 Å². The topological polar surface area (TPSA) is 69.8 Å². The highest BCUT2D eigenvalue weighted by molar-refractivity contribution is 7.80. The Kier molecular flexibility index (Phi) is 3.27. The fraction of sp³-hybridized carbons (Fsp3) is 0.231. The third-order valence-electron chi connectivity index (χ3n) is 3.19. The van der Waals surface area contributed by atoms with E-state index < -0.39 is 0 Å². The summed E-state index contributed by atoms with van der Waals surface area (Å²) in [6, 6.07) is 7.20. The quantitative estimate of drug-likeness (QED) is 0.629. The number of benzene rings is 1. The monoisotopic (exact) mass is 274 g/mol. The number of thiol groups is 1. The number of amides is 1. The number of fused-ring (bicyclic) bond motifs is 1. The molecule has 5 nitrogen and oxygen atoms in total. The van der Waals surface area contributed by atoms with Crippen LogP contribution in [0, 0.1) is 0 Å². The molecular weight excluding hydrogens is 260 g/mol. The smallest absolute Gasteiger partial charge is 0.257 e. The van der Waals surface area contributed by atoms with E-state index >= 15 is 0 Å². The van der Waals surface area contributed by atoms with Gasteiger partial charge in [0.2, 0.25) is 0 Å². The zero-order valence-electron chi connectivity index (χ0n) is 10.2. The molecule has 0 aliphatic carbocycles. The summed E-state index contributed by atoms with van der Waals surface area (Å²) in [7, 11) is 0. The van der Waals surface area contributed by atoms with E-state index in [1.807, 2.05) is 12.1 Å². The van der Waals surface area contributed by atoms with Crippen molar-refractivity contribution in [2.45, 2.75) is 17.9 Å². The van der Waals surface area contributed by atoms with E-state index in [1.54, 1.807) is 12.1 Å². The van der Waals surface area contributed by atoms with Crippen LogP contribution >= 0.6 is 12.6 Å². The van der Waals surface area contributed by atoms with Crippen molar-refractivity contribution in [3.05, 3.63) is 41.1 Å². The number of nitrogens with zero attached hydrogens (tertiary/aromatic N) is 1. The molecule has 1 aromatic heterocycles. The van der Waals surface area contributed by atoms with E-state index in [2.05, 4.69) is 33.5 Å². The van der Waals surface area contributed by atoms with Crippen molar-refractivity contribution >= 4 is 24.4 Å². The normalized spacial score (nSPS) is 13.9. The van der Waals surface area contributed by atoms with E-state index in [-0.39, 0.29) is 5.91 Å². The minimum atomic E-state index is -0.189. The third-order valence-corrected chi connectivity index (χ3v) is 3.58. The molecule has 1 aromatic carbocycles. The van der Waals surface area contributed by atoms with Crippen LogP contribution in [0.2, 0.25) is 0 Å². The van der Waals surface area contributed by atoms with Crippen molar-refractivity contribution in [3.8, 4) is 0 Å². The van der Waals surface area contributed by atoms with E-state index in [9.17, 15) is 4.79 Å². The summed E-state index contributed by atoms with van der Waals surface area (Å²) in [6.07, 6.45) is 0.904. The Morgan fingerprint density at radius 1 is 1.37 bits per heavy atom. The number of aromatic amines is 1. The van der Waals surface area contributed by atoms with Gasteiger partial charge in [-0.25, -0.2) is 0 Å². The minimum absolute atomic E-state index is 0.189. The largest absolute Gasteiger partial charge is 0.312 e. The molecule has 0 saturated carbocycles. The molecule has 2 aromatic rings. The summed E-state index contributed by atoms with van der Waals surface area (Å²) in [6.45, 7) is 1.66. The van der Waals surface area contributed by atoms with Crippen LogP contribution in [0.5, 0.6) is 0 Å². The Hall–Kier alpha value is -1.79. The second kappa shape index (κ2) is 5.07. The Morgan fingerprint density at radius 2 is 2.21 bits per heavy atom. The van der Waals surface area contributed by atoms with Crippen LogP contribution in [0.4, 0.5) is 5.82 Å². The van der Waals surface area contributed by atoms with E-state index in [0.717, 1.165) is 30.8 Å². The highest BCUT2D eigenvalue weighted by Gasteiger charge is 2.19. The van der Waals surface area contributed by atoms with Crippen LogP contribution < -0.4 is 10.6 Å². The Bertz CT molecular complexity index is 623. The van der Waals surface area contributed by atoms with Crippen LogP contribution in [0.1, 0.15) is 21.6 Å². The molecule has 0 fully saturated rings. The van der Waals surface area contributed by atoms with Crippen LogP contribution in [-0.4, -0.2) is 22.6 Å². The van der Waals surface area contributed by atoms with Gasteiger partial charge in [-0.2, -0.15) is 5.10 Å². The molecule has 3 rings (SSSR count). The molecule has 3 N–H and O–H groups in total. The molecule has 19 heavy (non-hydrogen) atoms. The number of hydrogen-bond donors (Lipinski definition) is 4. The average molecular weight is 274 g/mol. The molecule has 98 valence electrons. The highest BCUT2D eigenvalue weighted by Crippen LogP contribution is 2.21. The first-order valence-electron chi connectivity index (χ1n) is 6.12. The van der Waals surface area contributed by atoms with Crippen LogP contribution in [0.3, 0.4) is 0 Å². The molecule has 1 aliphatic heterocycles. The van der Waals surface area contributed by atoms with Gasteiger partial charge in [-0.05, 0) is 12.1 Å². The van der Waals surface area contributed by atoms with Gasteiger partial charge in [0.05, 0.1) is 5.56 Å². The number of nitrogens with one attached hydrogen (secondary N) is 3. The second-order valence-corrected chi connectivity index (χ2v) is 4.91. The molecule has 0 unspecified atom stereocenters. The molecule has 0 saturated heterocycles. The number of rotatable bonds is 2. The first kappa shape index (κ1) is 12.3. The maximum Gasteiger partial charge on any atom is 0.257 e. The first-order chi connectivity index (χ1) is 9.25.